The maximum absolute atomic E-state index is 14.2. The highest BCUT2D eigenvalue weighted by atomic mass is 19.1. The van der Waals surface area contributed by atoms with Crippen molar-refractivity contribution >= 4 is 34.4 Å². The van der Waals surface area contributed by atoms with Crippen LogP contribution in [0.4, 0.5) is 26.5 Å². The van der Waals surface area contributed by atoms with Gasteiger partial charge in [-0.25, -0.2) is 28.8 Å². The summed E-state index contributed by atoms with van der Waals surface area (Å²) < 4.78 is 20.5. The molecule has 164 valence electrons. The van der Waals surface area contributed by atoms with Crippen molar-refractivity contribution in [1.82, 2.24) is 24.7 Å². The Morgan fingerprint density at radius 2 is 1.88 bits per heavy atom. The maximum Gasteiger partial charge on any atom is 0.414 e. The van der Waals surface area contributed by atoms with Crippen LogP contribution in [0, 0.1) is 5.82 Å². The van der Waals surface area contributed by atoms with E-state index < -0.39 is 6.09 Å². The monoisotopic (exact) mass is 436 g/mol. The molecule has 4 N–H and O–H groups in total. The highest BCUT2D eigenvalue weighted by Crippen LogP contribution is 2.32. The third-order valence-corrected chi connectivity index (χ3v) is 4.92. The number of nitrogens with zero attached hydrogens (tertiary/aromatic N) is 6. The van der Waals surface area contributed by atoms with Crippen LogP contribution in [0.1, 0.15) is 12.5 Å². The van der Waals surface area contributed by atoms with E-state index in [4.69, 9.17) is 16.2 Å². The number of nitrogen functional groups attached to an aromatic ring is 2. The number of carbonyl (C=O) groups is 1. The van der Waals surface area contributed by atoms with Crippen LogP contribution < -0.4 is 16.4 Å². The van der Waals surface area contributed by atoms with E-state index >= 15 is 0 Å². The predicted molar refractivity (Wildman–Crippen MR) is 118 cm³/mol. The lowest BCUT2D eigenvalue weighted by molar-refractivity contribution is 0.179. The molecule has 4 rings (SSSR count). The fourth-order valence-corrected chi connectivity index (χ4v) is 3.43. The van der Waals surface area contributed by atoms with E-state index in [1.165, 1.54) is 18.1 Å². The topological polar surface area (TPSA) is 138 Å². The summed E-state index contributed by atoms with van der Waals surface area (Å²) >= 11 is 0. The number of rotatable bonds is 5. The van der Waals surface area contributed by atoms with Gasteiger partial charge in [0.2, 0.25) is 0 Å². The minimum Gasteiger partial charge on any atom is -0.452 e. The number of halogens is 1. The second-order valence-corrected chi connectivity index (χ2v) is 6.85. The van der Waals surface area contributed by atoms with Gasteiger partial charge in [0.25, 0.3) is 0 Å². The first-order valence-corrected chi connectivity index (χ1v) is 9.78. The molecule has 1 aromatic carbocycles. The number of ether oxygens (including phenoxy) is 1. The molecule has 0 aliphatic heterocycles. The Morgan fingerprint density at radius 1 is 1.16 bits per heavy atom. The zero-order chi connectivity index (χ0) is 22.8. The number of nitrogens with two attached hydrogens (primary N) is 2. The van der Waals surface area contributed by atoms with E-state index in [1.807, 2.05) is 0 Å². The van der Waals surface area contributed by atoms with Crippen LogP contribution in [0.25, 0.3) is 22.6 Å². The maximum atomic E-state index is 14.2. The fraction of sp³-hybridized carbons (Fsp3) is 0.190. The zero-order valence-corrected chi connectivity index (χ0v) is 17.5. The van der Waals surface area contributed by atoms with Gasteiger partial charge in [0.05, 0.1) is 19.0 Å². The van der Waals surface area contributed by atoms with Crippen molar-refractivity contribution in [3.63, 3.8) is 0 Å². The van der Waals surface area contributed by atoms with Crippen molar-refractivity contribution in [3.05, 3.63) is 54.0 Å². The smallest absolute Gasteiger partial charge is 0.414 e. The van der Waals surface area contributed by atoms with Crippen molar-refractivity contribution in [2.45, 2.75) is 13.5 Å². The van der Waals surface area contributed by atoms with Gasteiger partial charge in [-0.15, -0.1) is 0 Å². The minimum absolute atomic E-state index is 0.000411. The van der Waals surface area contributed by atoms with Gasteiger partial charge in [-0.05, 0) is 25.1 Å². The van der Waals surface area contributed by atoms with Crippen LogP contribution >= 0.6 is 0 Å². The second kappa shape index (κ2) is 8.46. The molecule has 0 saturated heterocycles. The molecule has 0 atom stereocenters. The molecule has 0 aliphatic carbocycles. The molecule has 32 heavy (non-hydrogen) atoms. The van der Waals surface area contributed by atoms with E-state index in [0.29, 0.717) is 22.3 Å². The summed E-state index contributed by atoms with van der Waals surface area (Å²) in [5.41, 5.74) is 13.8. The third kappa shape index (κ3) is 3.64. The van der Waals surface area contributed by atoms with Gasteiger partial charge in [-0.3, -0.25) is 4.90 Å². The van der Waals surface area contributed by atoms with Gasteiger partial charge >= 0.3 is 6.09 Å². The SMILES string of the molecule is CCN(C(=O)OC)c1c(N)nc(-c2nn(Cc3ccccc3F)c3ncccc23)nc1N. The molecular formula is C21H21FN8O2. The van der Waals surface area contributed by atoms with Crippen LogP contribution in [0.15, 0.2) is 42.6 Å². The summed E-state index contributed by atoms with van der Waals surface area (Å²) in [6.07, 6.45) is 0.986. The van der Waals surface area contributed by atoms with Crippen molar-refractivity contribution in [1.29, 1.82) is 0 Å². The molecule has 0 radical (unpaired) electrons. The number of aromatic nitrogens is 5. The van der Waals surface area contributed by atoms with Crippen molar-refractivity contribution < 1.29 is 13.9 Å². The zero-order valence-electron chi connectivity index (χ0n) is 17.5. The first-order chi connectivity index (χ1) is 15.4. The summed E-state index contributed by atoms with van der Waals surface area (Å²) in [4.78, 5) is 26.4. The largest absolute Gasteiger partial charge is 0.452 e. The highest BCUT2D eigenvalue weighted by Gasteiger charge is 2.24. The number of pyridine rings is 1. The van der Waals surface area contributed by atoms with Crippen LogP contribution in [0.2, 0.25) is 0 Å². The Hall–Kier alpha value is -4.28. The fourth-order valence-electron chi connectivity index (χ4n) is 3.43. The molecule has 0 fully saturated rings. The van der Waals surface area contributed by atoms with Crippen molar-refractivity contribution in [2.24, 2.45) is 0 Å². The summed E-state index contributed by atoms with van der Waals surface area (Å²) in [6, 6.07) is 10.00. The standard InChI is InChI=1S/C21H21FN8O2/c1-3-29(21(31)32-2)16-17(23)26-19(27-18(16)24)15-13-8-6-10-25-20(13)30(28-15)11-12-7-4-5-9-14(12)22/h4-10H,3,11H2,1-2H3,(H4,23,24,26,27). The van der Waals surface area contributed by atoms with Gasteiger partial charge in [0, 0.05) is 18.3 Å². The summed E-state index contributed by atoms with van der Waals surface area (Å²) in [6.45, 7) is 2.16. The van der Waals surface area contributed by atoms with E-state index in [9.17, 15) is 9.18 Å². The van der Waals surface area contributed by atoms with E-state index in [-0.39, 0.29) is 42.1 Å². The lowest BCUT2D eigenvalue weighted by Crippen LogP contribution is -2.32. The van der Waals surface area contributed by atoms with Crippen molar-refractivity contribution in [2.75, 3.05) is 30.0 Å². The van der Waals surface area contributed by atoms with Gasteiger partial charge < -0.3 is 16.2 Å². The quantitative estimate of drug-likeness (QED) is 0.487. The number of carbonyl (C=O) groups excluding carboxylic acids is 1. The second-order valence-electron chi connectivity index (χ2n) is 6.85. The third-order valence-electron chi connectivity index (χ3n) is 4.92. The Labute approximate surface area is 182 Å². The number of amides is 1. The Bertz CT molecular complexity index is 1280. The molecule has 4 aromatic rings. The molecule has 0 bridgehead atoms. The number of hydrogen-bond acceptors (Lipinski definition) is 8. The first-order valence-electron chi connectivity index (χ1n) is 9.78. The molecule has 0 saturated carbocycles. The average molecular weight is 436 g/mol. The van der Waals surface area contributed by atoms with Gasteiger partial charge in [-0.2, -0.15) is 5.10 Å². The Kier molecular flexibility index (Phi) is 5.54. The van der Waals surface area contributed by atoms with E-state index in [0.717, 1.165) is 0 Å². The van der Waals surface area contributed by atoms with Gasteiger partial charge in [0.15, 0.2) is 23.1 Å². The summed E-state index contributed by atoms with van der Waals surface area (Å²) in [5.74, 6) is -0.180. The van der Waals surface area contributed by atoms with Crippen molar-refractivity contribution in [3.8, 4) is 11.5 Å². The molecule has 0 aliphatic rings. The predicted octanol–water partition coefficient (Wildman–Crippen LogP) is 2.83. The average Bonchev–Trinajstić information content (AvgIpc) is 3.15. The molecule has 10 nitrogen and oxygen atoms in total. The molecule has 11 heteroatoms. The molecule has 3 heterocycles. The minimum atomic E-state index is -0.633. The Balaban J connectivity index is 1.82. The molecule has 0 spiro atoms. The number of hydrogen-bond donors (Lipinski definition) is 2. The summed E-state index contributed by atoms with van der Waals surface area (Å²) in [7, 11) is 1.26. The van der Waals surface area contributed by atoms with Gasteiger partial charge in [0.1, 0.15) is 17.2 Å². The highest BCUT2D eigenvalue weighted by molar-refractivity contribution is 5.96. The summed E-state index contributed by atoms with van der Waals surface area (Å²) in [5, 5.41) is 5.22. The molecule has 0 unspecified atom stereocenters. The molecule has 1 amide bonds. The number of methoxy groups -OCH3 is 1. The number of benzene rings is 1. The van der Waals surface area contributed by atoms with E-state index in [2.05, 4.69) is 20.1 Å². The number of anilines is 3. The van der Waals surface area contributed by atoms with Gasteiger partial charge in [-0.1, -0.05) is 18.2 Å². The molecular weight excluding hydrogens is 415 g/mol. The normalized spacial score (nSPS) is 11.0. The van der Waals surface area contributed by atoms with Crippen LogP contribution in [0.5, 0.6) is 0 Å². The lowest BCUT2D eigenvalue weighted by Gasteiger charge is -2.21. The van der Waals surface area contributed by atoms with Crippen LogP contribution in [0.3, 0.4) is 0 Å². The lowest BCUT2D eigenvalue weighted by atomic mass is 10.2. The van der Waals surface area contributed by atoms with Crippen LogP contribution in [-0.2, 0) is 11.3 Å². The number of fused-ring (bicyclic) bond motifs is 1. The van der Waals surface area contributed by atoms with E-state index in [1.54, 1.807) is 48.1 Å². The molecule has 3 aromatic heterocycles. The van der Waals surface area contributed by atoms with Crippen LogP contribution in [-0.4, -0.2) is 44.5 Å². The first kappa shape index (κ1) is 21.0. The Morgan fingerprint density at radius 3 is 2.53 bits per heavy atom.